The van der Waals surface area contributed by atoms with Crippen molar-refractivity contribution in [3.63, 3.8) is 0 Å². The maximum absolute atomic E-state index is 13.3. The number of imidazole rings is 1. The number of benzene rings is 1. The Morgan fingerprint density at radius 2 is 1.91 bits per heavy atom. The van der Waals surface area contributed by atoms with Gasteiger partial charge in [0.1, 0.15) is 17.6 Å². The van der Waals surface area contributed by atoms with Gasteiger partial charge in [-0.15, -0.1) is 0 Å². The standard InChI is InChI=1S/C24H30N5O4/c1-5-7-8-17-9-11-18(12-10-17)29-16(3)15-28-20-21(25-23(28)29)26(4)24(32)27(22(20)31)14-13-19(30)33-6-2/h9-12,15,20H,5-8,13-14H2,1-4H3/q+1. The van der Waals surface area contributed by atoms with E-state index in [1.807, 2.05) is 17.7 Å². The van der Waals surface area contributed by atoms with Crippen LogP contribution in [-0.4, -0.2) is 58.3 Å². The van der Waals surface area contributed by atoms with Crippen LogP contribution >= 0.6 is 0 Å². The van der Waals surface area contributed by atoms with E-state index in [-0.39, 0.29) is 19.6 Å². The number of carbonyl (C=O) groups is 3. The van der Waals surface area contributed by atoms with Crippen LogP contribution in [0.25, 0.3) is 5.69 Å². The van der Waals surface area contributed by atoms with Crippen LogP contribution in [0.1, 0.15) is 50.4 Å². The second kappa shape index (κ2) is 9.17. The normalized spacial score (nSPS) is 17.2. The molecule has 2 aromatic rings. The first-order valence-corrected chi connectivity index (χ1v) is 11.4. The molecular formula is C24H30N5O4+. The van der Waals surface area contributed by atoms with Gasteiger partial charge in [0.15, 0.2) is 0 Å². The molecule has 1 fully saturated rings. The van der Waals surface area contributed by atoms with Crippen molar-refractivity contribution >= 4 is 29.7 Å². The number of unbranched alkanes of at least 4 members (excludes halogenated alkanes) is 1. The Kier molecular flexibility index (Phi) is 6.31. The number of ether oxygens (including phenoxy) is 1. The lowest BCUT2D eigenvalue weighted by atomic mass is 10.1. The number of carbonyl (C=O) groups excluding carboxylic acids is 3. The number of aryl methyl sites for hydroxylation is 2. The number of aromatic nitrogens is 2. The Morgan fingerprint density at radius 1 is 1.18 bits per heavy atom. The van der Waals surface area contributed by atoms with Gasteiger partial charge in [-0.3, -0.25) is 19.4 Å². The van der Waals surface area contributed by atoms with Crippen molar-refractivity contribution < 1.29 is 23.7 Å². The maximum Gasteiger partial charge on any atom is 0.406 e. The summed E-state index contributed by atoms with van der Waals surface area (Å²) in [6.07, 6.45) is 5.19. The summed E-state index contributed by atoms with van der Waals surface area (Å²) in [5.74, 6) is 0.149. The summed E-state index contributed by atoms with van der Waals surface area (Å²) < 4.78 is 8.73. The van der Waals surface area contributed by atoms with E-state index in [2.05, 4.69) is 31.2 Å². The molecule has 4 rings (SSSR count). The molecule has 9 nitrogen and oxygen atoms in total. The van der Waals surface area contributed by atoms with Gasteiger partial charge in [-0.25, -0.2) is 9.36 Å². The topological polar surface area (TPSA) is 88.1 Å². The van der Waals surface area contributed by atoms with Gasteiger partial charge in [-0.05, 0) is 44.4 Å². The van der Waals surface area contributed by atoms with Crippen LogP contribution in [0.3, 0.4) is 0 Å². The number of amidine groups is 1. The number of esters is 1. The van der Waals surface area contributed by atoms with Crippen molar-refractivity contribution in [2.75, 3.05) is 20.2 Å². The molecule has 0 bridgehead atoms. The summed E-state index contributed by atoms with van der Waals surface area (Å²) in [5, 5.41) is 0. The smallest absolute Gasteiger partial charge is 0.406 e. The molecule has 1 aromatic heterocycles. The molecule has 2 aliphatic heterocycles. The Morgan fingerprint density at radius 3 is 2.58 bits per heavy atom. The summed E-state index contributed by atoms with van der Waals surface area (Å²) >= 11 is 0. The monoisotopic (exact) mass is 452 g/mol. The zero-order valence-corrected chi connectivity index (χ0v) is 19.6. The Labute approximate surface area is 193 Å². The summed E-state index contributed by atoms with van der Waals surface area (Å²) in [6.45, 7) is 6.09. The Hall–Kier alpha value is -3.49. The Bertz CT molecular complexity index is 1120. The molecule has 3 amide bonds. The van der Waals surface area contributed by atoms with Gasteiger partial charge in [0, 0.05) is 13.6 Å². The van der Waals surface area contributed by atoms with Crippen molar-refractivity contribution in [3.8, 4) is 5.69 Å². The average molecular weight is 453 g/mol. The summed E-state index contributed by atoms with van der Waals surface area (Å²) in [4.78, 5) is 45.1. The quantitative estimate of drug-likeness (QED) is 0.455. The zero-order valence-electron chi connectivity index (χ0n) is 19.6. The third-order valence-electron chi connectivity index (χ3n) is 6.07. The van der Waals surface area contributed by atoms with E-state index in [0.717, 1.165) is 35.5 Å². The first-order chi connectivity index (χ1) is 15.9. The summed E-state index contributed by atoms with van der Waals surface area (Å²) in [7, 11) is 1.60. The van der Waals surface area contributed by atoms with Gasteiger partial charge in [-0.1, -0.05) is 30.5 Å². The fourth-order valence-corrected chi connectivity index (χ4v) is 4.34. The van der Waals surface area contributed by atoms with Gasteiger partial charge in [0.2, 0.25) is 11.9 Å². The highest BCUT2D eigenvalue weighted by atomic mass is 16.5. The van der Waals surface area contributed by atoms with Gasteiger partial charge >= 0.3 is 17.9 Å². The highest BCUT2D eigenvalue weighted by Crippen LogP contribution is 2.31. The number of fused-ring (bicyclic) bond motifs is 3. The predicted molar refractivity (Wildman–Crippen MR) is 122 cm³/mol. The molecule has 174 valence electrons. The third kappa shape index (κ3) is 4.03. The first-order valence-electron chi connectivity index (χ1n) is 11.4. The first kappa shape index (κ1) is 22.7. The molecule has 1 atom stereocenters. The van der Waals surface area contributed by atoms with Crippen LogP contribution in [0.2, 0.25) is 0 Å². The number of imide groups is 1. The predicted octanol–water partition coefficient (Wildman–Crippen LogP) is 2.85. The number of urea groups is 1. The lowest BCUT2D eigenvalue weighted by Crippen LogP contribution is -2.62. The average Bonchev–Trinajstić information content (AvgIpc) is 3.31. The van der Waals surface area contributed by atoms with Crippen LogP contribution in [0, 0.1) is 6.92 Å². The molecule has 3 heterocycles. The zero-order chi connectivity index (χ0) is 23.7. The minimum atomic E-state index is -0.742. The fraction of sp³-hybridized carbons (Fsp3) is 0.458. The van der Waals surface area contributed by atoms with Crippen molar-refractivity contribution in [3.05, 3.63) is 41.7 Å². The van der Waals surface area contributed by atoms with E-state index in [4.69, 9.17) is 9.73 Å². The number of amides is 3. The van der Waals surface area contributed by atoms with Crippen molar-refractivity contribution in [2.45, 2.75) is 52.5 Å². The van der Waals surface area contributed by atoms with Crippen LogP contribution < -0.4 is 4.57 Å². The highest BCUT2D eigenvalue weighted by molar-refractivity contribution is 6.19. The van der Waals surface area contributed by atoms with Gasteiger partial charge in [-0.2, -0.15) is 4.57 Å². The largest absolute Gasteiger partial charge is 0.466 e. The molecule has 0 radical (unpaired) electrons. The molecule has 0 aliphatic carbocycles. The number of rotatable bonds is 8. The van der Waals surface area contributed by atoms with Gasteiger partial charge in [0.25, 0.3) is 5.91 Å². The van der Waals surface area contributed by atoms with Crippen LogP contribution in [0.15, 0.2) is 35.5 Å². The molecule has 0 saturated carbocycles. The lowest BCUT2D eigenvalue weighted by molar-refractivity contribution is -0.676. The highest BCUT2D eigenvalue weighted by Gasteiger charge is 2.53. The van der Waals surface area contributed by atoms with Crippen LogP contribution in [-0.2, 0) is 20.7 Å². The minimum absolute atomic E-state index is 0.0283. The second-order valence-electron chi connectivity index (χ2n) is 8.34. The molecule has 2 aliphatic rings. The van der Waals surface area contributed by atoms with E-state index >= 15 is 0 Å². The molecule has 0 spiro atoms. The van der Waals surface area contributed by atoms with Crippen LogP contribution in [0.4, 0.5) is 10.7 Å². The van der Waals surface area contributed by atoms with Crippen molar-refractivity contribution in [2.24, 2.45) is 4.99 Å². The van der Waals surface area contributed by atoms with Gasteiger partial charge < -0.3 is 4.74 Å². The van der Waals surface area contributed by atoms with E-state index in [1.165, 1.54) is 10.5 Å². The molecule has 1 unspecified atom stereocenters. The SMILES string of the molecule is CCCCc1ccc(-n2c(C)c[n+]3c2N=C2C3C(=O)N(CCC(=O)OCC)C(=O)N2C)cc1. The number of hydrogen-bond donors (Lipinski definition) is 0. The van der Waals surface area contributed by atoms with E-state index in [0.29, 0.717) is 11.8 Å². The summed E-state index contributed by atoms with van der Waals surface area (Å²) in [6, 6.07) is 7.12. The van der Waals surface area contributed by atoms with E-state index < -0.39 is 23.9 Å². The molecule has 1 aromatic carbocycles. The van der Waals surface area contributed by atoms with E-state index in [1.54, 1.807) is 18.5 Å². The number of aliphatic imine (C=N–C) groups is 1. The van der Waals surface area contributed by atoms with E-state index in [9.17, 15) is 14.4 Å². The maximum atomic E-state index is 13.3. The molecular weight excluding hydrogens is 422 g/mol. The van der Waals surface area contributed by atoms with Crippen LogP contribution in [0.5, 0.6) is 0 Å². The lowest BCUT2D eigenvalue weighted by Gasteiger charge is -2.32. The number of nitrogens with zero attached hydrogens (tertiary/aromatic N) is 5. The fourth-order valence-electron chi connectivity index (χ4n) is 4.34. The van der Waals surface area contributed by atoms with Crippen molar-refractivity contribution in [1.29, 1.82) is 0 Å². The Balaban J connectivity index is 1.64. The third-order valence-corrected chi connectivity index (χ3v) is 6.07. The van der Waals surface area contributed by atoms with Crippen molar-refractivity contribution in [1.82, 2.24) is 14.4 Å². The molecule has 1 saturated heterocycles. The number of likely N-dealkylation sites (N-methyl/N-ethyl adjacent to an activating group) is 1. The van der Waals surface area contributed by atoms with Gasteiger partial charge in [0.05, 0.1) is 13.0 Å². The second-order valence-corrected chi connectivity index (χ2v) is 8.34. The molecule has 0 N–H and O–H groups in total. The number of hydrogen-bond acceptors (Lipinski definition) is 5. The summed E-state index contributed by atoms with van der Waals surface area (Å²) in [5.41, 5.74) is 3.16. The minimum Gasteiger partial charge on any atom is -0.466 e. The molecule has 9 heteroatoms. The molecule has 33 heavy (non-hydrogen) atoms.